The summed E-state index contributed by atoms with van der Waals surface area (Å²) in [5, 5.41) is 15.7. The molecule has 0 amide bonds. The molecule has 0 bridgehead atoms. The van der Waals surface area contributed by atoms with Gasteiger partial charge in [0.1, 0.15) is 22.4 Å². The molecule has 0 fully saturated rings. The van der Waals surface area contributed by atoms with Gasteiger partial charge >= 0.3 is 0 Å². The van der Waals surface area contributed by atoms with Crippen molar-refractivity contribution in [3.63, 3.8) is 0 Å². The molecule has 0 saturated heterocycles. The van der Waals surface area contributed by atoms with E-state index in [0.717, 1.165) is 17.0 Å². The predicted molar refractivity (Wildman–Crippen MR) is 109 cm³/mol. The van der Waals surface area contributed by atoms with E-state index in [-0.39, 0.29) is 6.79 Å². The van der Waals surface area contributed by atoms with E-state index in [4.69, 9.17) is 25.8 Å². The lowest BCUT2D eigenvalue weighted by Gasteiger charge is -2.08. The Balaban J connectivity index is 1.59. The van der Waals surface area contributed by atoms with E-state index >= 15 is 0 Å². The molecule has 8 heteroatoms. The first kappa shape index (κ1) is 18.2. The highest BCUT2D eigenvalue weighted by molar-refractivity contribution is 7.11. The average Bonchev–Trinajstić information content (AvgIpc) is 3.37. The average molecular weight is 412 g/mol. The molecular formula is C20H14ClN3O3S. The Kier molecular flexibility index (Phi) is 5.06. The summed E-state index contributed by atoms with van der Waals surface area (Å²) in [4.78, 5) is 4.58. The van der Waals surface area contributed by atoms with Crippen LogP contribution in [0, 0.1) is 11.3 Å². The molecule has 1 aliphatic heterocycles. The van der Waals surface area contributed by atoms with Crippen molar-refractivity contribution in [3.05, 3.63) is 58.0 Å². The van der Waals surface area contributed by atoms with Crippen LogP contribution in [0.2, 0.25) is 5.02 Å². The number of nitrogens with zero attached hydrogens (tertiary/aromatic N) is 2. The minimum atomic E-state index is 0.223. The van der Waals surface area contributed by atoms with Crippen LogP contribution in [0.25, 0.3) is 16.8 Å². The fourth-order valence-electron chi connectivity index (χ4n) is 2.67. The Bertz CT molecular complexity index is 1100. The maximum Gasteiger partial charge on any atom is 0.231 e. The zero-order chi connectivity index (χ0) is 19.5. The van der Waals surface area contributed by atoms with Gasteiger partial charge in [0.25, 0.3) is 0 Å². The second kappa shape index (κ2) is 7.80. The van der Waals surface area contributed by atoms with Gasteiger partial charge in [-0.2, -0.15) is 5.26 Å². The SMILES string of the molecule is COc1ccc(Cl)cc1N/C=C(\C#N)c1nc(-c2ccc3c(c2)OCO3)cs1. The number of nitriles is 1. The van der Waals surface area contributed by atoms with E-state index in [0.29, 0.717) is 32.8 Å². The molecule has 2 heterocycles. The number of halogens is 1. The highest BCUT2D eigenvalue weighted by Crippen LogP contribution is 2.36. The molecule has 4 rings (SSSR count). The molecule has 6 nitrogen and oxygen atoms in total. The van der Waals surface area contributed by atoms with Crippen LogP contribution in [0.15, 0.2) is 48.0 Å². The monoisotopic (exact) mass is 411 g/mol. The summed E-state index contributed by atoms with van der Waals surface area (Å²) in [6.07, 6.45) is 1.59. The summed E-state index contributed by atoms with van der Waals surface area (Å²) in [7, 11) is 1.57. The molecule has 0 unspecified atom stereocenters. The number of benzene rings is 2. The van der Waals surface area contributed by atoms with Gasteiger partial charge in [-0.3, -0.25) is 0 Å². The van der Waals surface area contributed by atoms with E-state index in [1.165, 1.54) is 11.3 Å². The molecule has 1 aliphatic rings. The van der Waals surface area contributed by atoms with Crippen LogP contribution >= 0.6 is 22.9 Å². The number of hydrogen-bond acceptors (Lipinski definition) is 7. The van der Waals surface area contributed by atoms with Crippen LogP contribution in [0.4, 0.5) is 5.69 Å². The summed E-state index contributed by atoms with van der Waals surface area (Å²) >= 11 is 7.43. The molecular weight excluding hydrogens is 398 g/mol. The fourth-order valence-corrected chi connectivity index (χ4v) is 3.64. The molecule has 0 saturated carbocycles. The van der Waals surface area contributed by atoms with Gasteiger partial charge in [0.2, 0.25) is 6.79 Å². The van der Waals surface area contributed by atoms with Gasteiger partial charge in [-0.25, -0.2) is 4.98 Å². The van der Waals surface area contributed by atoms with Gasteiger partial charge in [0.15, 0.2) is 11.5 Å². The third kappa shape index (κ3) is 3.60. The highest BCUT2D eigenvalue weighted by atomic mass is 35.5. The van der Waals surface area contributed by atoms with Gasteiger partial charge < -0.3 is 19.5 Å². The van der Waals surface area contributed by atoms with Crippen LogP contribution in [0.5, 0.6) is 17.2 Å². The van der Waals surface area contributed by atoms with Crippen molar-refractivity contribution in [2.45, 2.75) is 0 Å². The van der Waals surface area contributed by atoms with Crippen molar-refractivity contribution in [3.8, 4) is 34.6 Å². The number of ether oxygens (including phenoxy) is 3. The Morgan fingerprint density at radius 3 is 2.96 bits per heavy atom. The van der Waals surface area contributed by atoms with E-state index in [1.54, 1.807) is 31.5 Å². The van der Waals surface area contributed by atoms with Gasteiger partial charge in [-0.05, 0) is 36.4 Å². The van der Waals surface area contributed by atoms with Crippen molar-refractivity contribution in [1.82, 2.24) is 4.98 Å². The third-order valence-electron chi connectivity index (χ3n) is 4.06. The quantitative estimate of drug-likeness (QED) is 0.583. The maximum atomic E-state index is 9.56. The highest BCUT2D eigenvalue weighted by Gasteiger charge is 2.16. The Labute approximate surface area is 170 Å². The first-order valence-electron chi connectivity index (χ1n) is 8.24. The van der Waals surface area contributed by atoms with Crippen molar-refractivity contribution in [1.29, 1.82) is 5.26 Å². The normalized spacial score (nSPS) is 12.5. The number of nitrogens with one attached hydrogen (secondary N) is 1. The molecule has 0 spiro atoms. The lowest BCUT2D eigenvalue weighted by Crippen LogP contribution is -1.95. The van der Waals surface area contributed by atoms with Gasteiger partial charge in [-0.1, -0.05) is 11.6 Å². The van der Waals surface area contributed by atoms with Crippen LogP contribution in [-0.2, 0) is 0 Å². The van der Waals surface area contributed by atoms with Crippen LogP contribution in [-0.4, -0.2) is 18.9 Å². The Morgan fingerprint density at radius 1 is 1.29 bits per heavy atom. The standard InChI is InChI=1S/C20H14ClN3O3S/c1-25-17-5-3-14(21)7-15(17)23-9-13(8-22)20-24-16(10-28-20)12-2-4-18-19(6-12)27-11-26-18/h2-7,9-10,23H,11H2,1H3/b13-9+. The summed E-state index contributed by atoms with van der Waals surface area (Å²) in [5.41, 5.74) is 2.72. The topological polar surface area (TPSA) is 76.4 Å². The summed E-state index contributed by atoms with van der Waals surface area (Å²) in [6, 6.07) is 13.0. The summed E-state index contributed by atoms with van der Waals surface area (Å²) < 4.78 is 16.0. The molecule has 2 aromatic carbocycles. The van der Waals surface area contributed by atoms with Crippen LogP contribution in [0.1, 0.15) is 5.01 Å². The number of fused-ring (bicyclic) bond motifs is 1. The lowest BCUT2D eigenvalue weighted by atomic mass is 10.1. The van der Waals surface area contributed by atoms with Gasteiger partial charge in [-0.15, -0.1) is 11.3 Å². The molecule has 0 atom stereocenters. The van der Waals surface area contributed by atoms with Crippen molar-refractivity contribution in [2.24, 2.45) is 0 Å². The van der Waals surface area contributed by atoms with Gasteiger partial charge in [0, 0.05) is 22.2 Å². The van der Waals surface area contributed by atoms with Gasteiger partial charge in [0.05, 0.1) is 18.5 Å². The first-order valence-corrected chi connectivity index (χ1v) is 9.50. The molecule has 3 aromatic rings. The summed E-state index contributed by atoms with van der Waals surface area (Å²) in [6.45, 7) is 0.223. The number of allylic oxidation sites excluding steroid dienone is 1. The number of hydrogen-bond donors (Lipinski definition) is 1. The lowest BCUT2D eigenvalue weighted by molar-refractivity contribution is 0.174. The molecule has 28 heavy (non-hydrogen) atoms. The number of anilines is 1. The van der Waals surface area contributed by atoms with Crippen LogP contribution < -0.4 is 19.5 Å². The smallest absolute Gasteiger partial charge is 0.231 e. The van der Waals surface area contributed by atoms with Crippen molar-refractivity contribution < 1.29 is 14.2 Å². The largest absolute Gasteiger partial charge is 0.495 e. The Hall–Kier alpha value is -3.21. The van der Waals surface area contributed by atoms with E-state index in [1.807, 2.05) is 23.6 Å². The fraction of sp³-hybridized carbons (Fsp3) is 0.100. The first-order chi connectivity index (χ1) is 13.7. The second-order valence-corrected chi connectivity index (χ2v) is 7.06. The zero-order valence-electron chi connectivity index (χ0n) is 14.7. The number of thiazole rings is 1. The molecule has 1 aromatic heterocycles. The van der Waals surface area contributed by atoms with Crippen LogP contribution in [0.3, 0.4) is 0 Å². The molecule has 0 aliphatic carbocycles. The van der Waals surface area contributed by atoms with Crippen molar-refractivity contribution in [2.75, 3.05) is 19.2 Å². The third-order valence-corrected chi connectivity index (χ3v) is 5.17. The van der Waals surface area contributed by atoms with Crippen molar-refractivity contribution >= 4 is 34.2 Å². The Morgan fingerprint density at radius 2 is 2.14 bits per heavy atom. The number of methoxy groups -OCH3 is 1. The van der Waals surface area contributed by atoms with E-state index in [2.05, 4.69) is 16.4 Å². The molecule has 0 radical (unpaired) electrons. The minimum absolute atomic E-state index is 0.223. The second-order valence-electron chi connectivity index (χ2n) is 5.76. The molecule has 1 N–H and O–H groups in total. The number of rotatable bonds is 5. The maximum absolute atomic E-state index is 9.56. The summed E-state index contributed by atoms with van der Waals surface area (Å²) in [5.74, 6) is 2.03. The van der Waals surface area contributed by atoms with E-state index in [9.17, 15) is 5.26 Å². The minimum Gasteiger partial charge on any atom is -0.495 e. The molecule has 140 valence electrons. The number of aromatic nitrogens is 1. The zero-order valence-corrected chi connectivity index (χ0v) is 16.3. The van der Waals surface area contributed by atoms with E-state index < -0.39 is 0 Å². The predicted octanol–water partition coefficient (Wildman–Crippen LogP) is 5.18.